The van der Waals surface area contributed by atoms with Crippen LogP contribution in [0.3, 0.4) is 0 Å². The van der Waals surface area contributed by atoms with Crippen LogP contribution < -0.4 is 0 Å². The minimum Gasteiger partial charge on any atom is -0.264 e. The predicted octanol–water partition coefficient (Wildman–Crippen LogP) is 4.78. The molecule has 0 bridgehead atoms. The molecule has 1 aromatic heterocycles. The summed E-state index contributed by atoms with van der Waals surface area (Å²) in [6.07, 6.45) is 11.0. The van der Waals surface area contributed by atoms with E-state index in [0.29, 0.717) is 0 Å². The van der Waals surface area contributed by atoms with Crippen molar-refractivity contribution < 1.29 is 0 Å². The van der Waals surface area contributed by atoms with E-state index in [2.05, 4.69) is 25.4 Å². The number of aromatic nitrogens is 1. The van der Waals surface area contributed by atoms with Gasteiger partial charge in [0.1, 0.15) is 0 Å². The number of nitrogens with zero attached hydrogens (tertiary/aromatic N) is 1. The van der Waals surface area contributed by atoms with Crippen molar-refractivity contribution in [2.75, 3.05) is 0 Å². The van der Waals surface area contributed by atoms with Crippen molar-refractivity contribution >= 4 is 0 Å². The highest BCUT2D eigenvalue weighted by molar-refractivity contribution is 5.04. The van der Waals surface area contributed by atoms with Gasteiger partial charge in [0.2, 0.25) is 0 Å². The summed E-state index contributed by atoms with van der Waals surface area (Å²) in [7, 11) is 0. The first-order chi connectivity index (χ1) is 7.70. The zero-order chi connectivity index (χ0) is 12.2. The lowest BCUT2D eigenvalue weighted by molar-refractivity contribution is 0.577. The molecule has 1 nitrogen and oxygen atoms in total. The van der Waals surface area contributed by atoms with Crippen molar-refractivity contribution in [3.8, 4) is 0 Å². The van der Waals surface area contributed by atoms with Crippen LogP contribution in [0.4, 0.5) is 0 Å². The first kappa shape index (κ1) is 14.9. The van der Waals surface area contributed by atoms with Gasteiger partial charge < -0.3 is 0 Å². The maximum absolute atomic E-state index is 3.88. The topological polar surface area (TPSA) is 12.9 Å². The van der Waals surface area contributed by atoms with E-state index in [0.717, 1.165) is 5.92 Å². The third-order valence-corrected chi connectivity index (χ3v) is 2.47. The molecule has 0 aliphatic carbocycles. The van der Waals surface area contributed by atoms with Crippen LogP contribution in [0.5, 0.6) is 0 Å². The van der Waals surface area contributed by atoms with Gasteiger partial charge >= 0.3 is 0 Å². The summed E-state index contributed by atoms with van der Waals surface area (Å²) >= 11 is 0. The van der Waals surface area contributed by atoms with Gasteiger partial charge in [-0.1, -0.05) is 45.3 Å². The van der Waals surface area contributed by atoms with Crippen molar-refractivity contribution in [2.45, 2.75) is 46.5 Å². The molecule has 0 saturated carbocycles. The molecule has 1 heterocycles. The van der Waals surface area contributed by atoms with Crippen LogP contribution in [-0.4, -0.2) is 4.98 Å². The predicted molar refractivity (Wildman–Crippen MR) is 72.5 cm³/mol. The molecule has 1 unspecified atom stereocenters. The first-order valence-corrected chi connectivity index (χ1v) is 6.19. The molecule has 1 rings (SSSR count). The minimum absolute atomic E-state index is 0.719. The fraction of sp³-hybridized carbons (Fsp3) is 0.533. The van der Waals surface area contributed by atoms with Gasteiger partial charge in [0, 0.05) is 12.4 Å². The van der Waals surface area contributed by atoms with E-state index >= 15 is 0 Å². The Morgan fingerprint density at radius 2 is 2.19 bits per heavy atom. The van der Waals surface area contributed by atoms with Gasteiger partial charge in [-0.2, -0.15) is 0 Å². The van der Waals surface area contributed by atoms with Crippen LogP contribution in [-0.2, 0) is 0 Å². The maximum Gasteiger partial charge on any atom is 0.0297 e. The number of pyridine rings is 1. The van der Waals surface area contributed by atoms with Crippen molar-refractivity contribution in [1.82, 2.24) is 4.98 Å². The van der Waals surface area contributed by atoms with Crippen molar-refractivity contribution in [3.63, 3.8) is 0 Å². The Bertz CT molecular complexity index is 253. The molecule has 0 radical (unpaired) electrons. The zero-order valence-electron chi connectivity index (χ0n) is 10.9. The van der Waals surface area contributed by atoms with Gasteiger partial charge in [0.15, 0.2) is 0 Å². The SMILES string of the molecule is C=CC(C)CCCCC.Cc1cccnc1. The van der Waals surface area contributed by atoms with Crippen molar-refractivity contribution in [3.05, 3.63) is 42.7 Å². The Balaban J connectivity index is 0.000000288. The van der Waals surface area contributed by atoms with Gasteiger partial charge in [-0.15, -0.1) is 6.58 Å². The van der Waals surface area contributed by atoms with Crippen molar-refractivity contribution in [2.24, 2.45) is 5.92 Å². The Labute approximate surface area is 101 Å². The highest BCUT2D eigenvalue weighted by Gasteiger charge is 1.93. The molecule has 0 aromatic carbocycles. The van der Waals surface area contributed by atoms with Gasteiger partial charge in [-0.05, 0) is 30.9 Å². The van der Waals surface area contributed by atoms with E-state index in [1.54, 1.807) is 6.20 Å². The first-order valence-electron chi connectivity index (χ1n) is 6.19. The summed E-state index contributed by atoms with van der Waals surface area (Å²) in [5, 5.41) is 0. The number of aryl methyl sites for hydroxylation is 1. The second-order valence-corrected chi connectivity index (χ2v) is 4.24. The molecule has 16 heavy (non-hydrogen) atoms. The second-order valence-electron chi connectivity index (χ2n) is 4.24. The number of hydrogen-bond acceptors (Lipinski definition) is 1. The van der Waals surface area contributed by atoms with E-state index in [9.17, 15) is 0 Å². The molecule has 90 valence electrons. The van der Waals surface area contributed by atoms with E-state index in [-0.39, 0.29) is 0 Å². The maximum atomic E-state index is 3.88. The standard InChI is InChI=1S/C9H18.C6H7N/c1-4-6-7-8-9(3)5-2;1-6-3-2-4-7-5-6/h5,9H,2,4,6-8H2,1,3H3;2-5H,1H3. The molecule has 0 fully saturated rings. The molecule has 1 heteroatoms. The third-order valence-electron chi connectivity index (χ3n) is 2.47. The zero-order valence-corrected chi connectivity index (χ0v) is 10.9. The van der Waals surface area contributed by atoms with Crippen LogP contribution in [0, 0.1) is 12.8 Å². The lowest BCUT2D eigenvalue weighted by Crippen LogP contribution is -1.87. The van der Waals surface area contributed by atoms with E-state index in [1.807, 2.05) is 31.3 Å². The summed E-state index contributed by atoms with van der Waals surface area (Å²) in [5.74, 6) is 0.719. The summed E-state index contributed by atoms with van der Waals surface area (Å²) in [6.45, 7) is 10.2. The smallest absolute Gasteiger partial charge is 0.0297 e. The second kappa shape index (κ2) is 10.4. The molecule has 1 atom stereocenters. The number of unbranched alkanes of at least 4 members (excludes halogenated alkanes) is 2. The van der Waals surface area contributed by atoms with E-state index in [1.165, 1.54) is 31.2 Å². The summed E-state index contributed by atoms with van der Waals surface area (Å²) < 4.78 is 0. The minimum atomic E-state index is 0.719. The molecule has 0 N–H and O–H groups in total. The van der Waals surface area contributed by atoms with E-state index < -0.39 is 0 Å². The molecule has 0 aliphatic heterocycles. The van der Waals surface area contributed by atoms with Gasteiger partial charge in [0.05, 0.1) is 0 Å². The highest BCUT2D eigenvalue weighted by atomic mass is 14.6. The average Bonchev–Trinajstić information content (AvgIpc) is 2.31. The Kier molecular flexibility index (Phi) is 9.69. The molecule has 1 aromatic rings. The Morgan fingerprint density at radius 3 is 2.56 bits per heavy atom. The number of rotatable bonds is 5. The Hall–Kier alpha value is -1.11. The number of hydrogen-bond donors (Lipinski definition) is 0. The molecule has 0 aliphatic rings. The third kappa shape index (κ3) is 9.45. The Morgan fingerprint density at radius 1 is 1.44 bits per heavy atom. The fourth-order valence-electron chi connectivity index (χ4n) is 1.28. The molecular formula is C15H25N. The summed E-state index contributed by atoms with van der Waals surface area (Å²) in [6, 6.07) is 3.95. The van der Waals surface area contributed by atoms with Gasteiger partial charge in [-0.25, -0.2) is 0 Å². The van der Waals surface area contributed by atoms with Crippen LogP contribution in [0.2, 0.25) is 0 Å². The lowest BCUT2D eigenvalue weighted by atomic mass is 10.0. The van der Waals surface area contributed by atoms with Crippen LogP contribution >= 0.6 is 0 Å². The average molecular weight is 219 g/mol. The monoisotopic (exact) mass is 219 g/mol. The fourth-order valence-corrected chi connectivity index (χ4v) is 1.28. The van der Waals surface area contributed by atoms with Crippen molar-refractivity contribution in [1.29, 1.82) is 0 Å². The van der Waals surface area contributed by atoms with Gasteiger partial charge in [0.25, 0.3) is 0 Å². The largest absolute Gasteiger partial charge is 0.264 e. The molecule has 0 amide bonds. The van der Waals surface area contributed by atoms with Crippen LogP contribution in [0.15, 0.2) is 37.2 Å². The summed E-state index contributed by atoms with van der Waals surface area (Å²) in [4.78, 5) is 3.88. The molecular weight excluding hydrogens is 194 g/mol. The van der Waals surface area contributed by atoms with E-state index in [4.69, 9.17) is 0 Å². The molecule has 0 spiro atoms. The van der Waals surface area contributed by atoms with Crippen LogP contribution in [0.25, 0.3) is 0 Å². The molecule has 0 saturated heterocycles. The normalized spacial score (nSPS) is 11.2. The lowest BCUT2D eigenvalue weighted by Gasteiger charge is -2.02. The van der Waals surface area contributed by atoms with Crippen LogP contribution in [0.1, 0.15) is 45.1 Å². The summed E-state index contributed by atoms with van der Waals surface area (Å²) in [5.41, 5.74) is 1.21. The number of allylic oxidation sites excluding steroid dienone is 1. The quantitative estimate of drug-likeness (QED) is 0.513. The highest BCUT2D eigenvalue weighted by Crippen LogP contribution is 2.08. The van der Waals surface area contributed by atoms with Gasteiger partial charge in [-0.3, -0.25) is 4.98 Å².